The van der Waals surface area contributed by atoms with Crippen LogP contribution in [0.1, 0.15) is 17.0 Å². The third-order valence-corrected chi connectivity index (χ3v) is 6.60. The predicted octanol–water partition coefficient (Wildman–Crippen LogP) is 5.06. The summed E-state index contributed by atoms with van der Waals surface area (Å²) >= 11 is 1.43. The predicted molar refractivity (Wildman–Crippen MR) is 136 cm³/mol. The molecular weight excluding hydrogens is 444 g/mol. The molecule has 1 amide bonds. The van der Waals surface area contributed by atoms with Gasteiger partial charge in [-0.05, 0) is 24.1 Å². The molecule has 2 heterocycles. The van der Waals surface area contributed by atoms with Gasteiger partial charge in [-0.15, -0.1) is 0 Å². The minimum Gasteiger partial charge on any atom is -0.300 e. The van der Waals surface area contributed by atoms with Crippen molar-refractivity contribution in [1.82, 2.24) is 14.8 Å². The molecule has 1 N–H and O–H groups in total. The lowest BCUT2D eigenvalue weighted by molar-refractivity contribution is -0.117. The summed E-state index contributed by atoms with van der Waals surface area (Å²) in [5, 5.41) is 9.05. The number of thiazole rings is 1. The van der Waals surface area contributed by atoms with Gasteiger partial charge in [0.15, 0.2) is 5.13 Å². The van der Waals surface area contributed by atoms with Crippen molar-refractivity contribution < 1.29 is 4.79 Å². The Balaban J connectivity index is 1.42. The molecule has 168 valence electrons. The zero-order valence-electron chi connectivity index (χ0n) is 18.6. The number of fused-ring (bicyclic) bond motifs is 1. The van der Waals surface area contributed by atoms with Crippen LogP contribution in [-0.4, -0.2) is 20.7 Å². The first kappa shape index (κ1) is 21.7. The van der Waals surface area contributed by atoms with Crippen molar-refractivity contribution in [2.75, 3.05) is 5.32 Å². The van der Waals surface area contributed by atoms with E-state index in [1.54, 1.807) is 6.07 Å². The highest BCUT2D eigenvalue weighted by molar-refractivity contribution is 7.19. The quantitative estimate of drug-likeness (QED) is 0.380. The van der Waals surface area contributed by atoms with Gasteiger partial charge in [-0.1, -0.05) is 90.2 Å². The van der Waals surface area contributed by atoms with Crippen molar-refractivity contribution in [2.45, 2.75) is 19.9 Å². The second-order valence-corrected chi connectivity index (χ2v) is 8.96. The SMILES string of the molecule is Cc1nn(CC(=O)Nc2nc(Cc3ccccc3)c(-c3ccccc3)s2)c(=O)c2ccccc12. The van der Waals surface area contributed by atoms with Crippen molar-refractivity contribution >= 4 is 33.1 Å². The highest BCUT2D eigenvalue weighted by atomic mass is 32.1. The summed E-state index contributed by atoms with van der Waals surface area (Å²) in [5.41, 5.74) is 3.51. The van der Waals surface area contributed by atoms with Crippen LogP contribution >= 0.6 is 11.3 Å². The Bertz CT molecular complexity index is 1530. The molecule has 5 rings (SSSR count). The lowest BCUT2D eigenvalue weighted by atomic mass is 10.1. The number of aromatic nitrogens is 3. The lowest BCUT2D eigenvalue weighted by Gasteiger charge is -2.08. The monoisotopic (exact) mass is 466 g/mol. The van der Waals surface area contributed by atoms with Crippen molar-refractivity contribution in [3.63, 3.8) is 0 Å². The molecule has 0 unspecified atom stereocenters. The molecule has 0 fully saturated rings. The van der Waals surface area contributed by atoms with Gasteiger partial charge in [0.1, 0.15) is 6.54 Å². The van der Waals surface area contributed by atoms with Crippen molar-refractivity contribution in [1.29, 1.82) is 0 Å². The maximum absolute atomic E-state index is 12.9. The topological polar surface area (TPSA) is 76.9 Å². The summed E-state index contributed by atoms with van der Waals surface area (Å²) in [6.45, 7) is 1.65. The molecule has 5 aromatic rings. The highest BCUT2D eigenvalue weighted by Gasteiger charge is 2.17. The van der Waals surface area contributed by atoms with Crippen LogP contribution in [0, 0.1) is 6.92 Å². The van der Waals surface area contributed by atoms with E-state index in [1.165, 1.54) is 16.0 Å². The van der Waals surface area contributed by atoms with Gasteiger partial charge in [-0.3, -0.25) is 9.59 Å². The molecule has 7 heteroatoms. The van der Waals surface area contributed by atoms with E-state index in [2.05, 4.69) is 22.5 Å². The lowest BCUT2D eigenvalue weighted by Crippen LogP contribution is -2.30. The number of nitrogens with one attached hydrogen (secondary N) is 1. The standard InChI is InChI=1S/C27H22N4O2S/c1-18-21-14-8-9-15-22(21)26(33)31(30-18)17-24(32)29-27-28-23(16-19-10-4-2-5-11-19)25(34-27)20-12-6-3-7-13-20/h2-15H,16-17H2,1H3,(H,28,29,32). The van der Waals surface area contributed by atoms with Gasteiger partial charge in [0.25, 0.3) is 5.56 Å². The summed E-state index contributed by atoms with van der Waals surface area (Å²) in [7, 11) is 0. The maximum atomic E-state index is 12.9. The van der Waals surface area contributed by atoms with Crippen LogP contribution in [0.3, 0.4) is 0 Å². The molecule has 0 saturated heterocycles. The average Bonchev–Trinajstić information content (AvgIpc) is 3.25. The highest BCUT2D eigenvalue weighted by Crippen LogP contribution is 2.34. The van der Waals surface area contributed by atoms with Crippen LogP contribution in [0.25, 0.3) is 21.2 Å². The number of anilines is 1. The molecule has 0 spiro atoms. The second-order valence-electron chi connectivity index (χ2n) is 7.97. The minimum absolute atomic E-state index is 0.182. The van der Waals surface area contributed by atoms with Crippen molar-refractivity contribution in [2.24, 2.45) is 0 Å². The molecule has 6 nitrogen and oxygen atoms in total. The Labute approximate surface area is 200 Å². The van der Waals surface area contributed by atoms with E-state index in [9.17, 15) is 9.59 Å². The van der Waals surface area contributed by atoms with Gasteiger partial charge in [0.2, 0.25) is 5.91 Å². The van der Waals surface area contributed by atoms with E-state index in [0.717, 1.165) is 27.1 Å². The number of carbonyl (C=O) groups is 1. The first-order valence-electron chi connectivity index (χ1n) is 10.9. The zero-order chi connectivity index (χ0) is 23.5. The Morgan fingerprint density at radius 1 is 0.912 bits per heavy atom. The third-order valence-electron chi connectivity index (χ3n) is 5.54. The van der Waals surface area contributed by atoms with E-state index < -0.39 is 0 Å². The fourth-order valence-corrected chi connectivity index (χ4v) is 4.94. The number of nitrogens with zero attached hydrogens (tertiary/aromatic N) is 3. The van der Waals surface area contributed by atoms with Crippen LogP contribution in [0.2, 0.25) is 0 Å². The van der Waals surface area contributed by atoms with E-state index in [1.807, 2.05) is 73.7 Å². The molecule has 3 aromatic carbocycles. The maximum Gasteiger partial charge on any atom is 0.275 e. The molecule has 0 aliphatic heterocycles. The number of carbonyl (C=O) groups excluding carboxylic acids is 1. The van der Waals surface area contributed by atoms with Gasteiger partial charge in [0, 0.05) is 11.8 Å². The number of hydrogen-bond donors (Lipinski definition) is 1. The summed E-state index contributed by atoms with van der Waals surface area (Å²) in [5.74, 6) is -0.344. The molecular formula is C27H22N4O2S. The molecule has 34 heavy (non-hydrogen) atoms. The minimum atomic E-state index is -0.344. The Morgan fingerprint density at radius 2 is 1.56 bits per heavy atom. The van der Waals surface area contributed by atoms with Crippen LogP contribution < -0.4 is 10.9 Å². The van der Waals surface area contributed by atoms with Crippen molar-refractivity contribution in [3.8, 4) is 10.4 Å². The van der Waals surface area contributed by atoms with Crippen LogP contribution in [0.15, 0.2) is 89.7 Å². The number of amides is 1. The molecule has 0 aliphatic carbocycles. The summed E-state index contributed by atoms with van der Waals surface area (Å²) < 4.78 is 1.21. The molecule has 0 bridgehead atoms. The fraction of sp³-hybridized carbons (Fsp3) is 0.111. The average molecular weight is 467 g/mol. The summed E-state index contributed by atoms with van der Waals surface area (Å²) in [4.78, 5) is 31.4. The number of aryl methyl sites for hydroxylation is 1. The Hall–Kier alpha value is -4.10. The summed E-state index contributed by atoms with van der Waals surface area (Å²) in [6, 6.07) is 27.4. The smallest absolute Gasteiger partial charge is 0.275 e. The number of rotatable bonds is 6. The molecule has 0 aliphatic rings. The van der Waals surface area contributed by atoms with Gasteiger partial charge in [-0.2, -0.15) is 5.10 Å². The van der Waals surface area contributed by atoms with Crippen LogP contribution in [-0.2, 0) is 17.8 Å². The van der Waals surface area contributed by atoms with Gasteiger partial charge in [0.05, 0.1) is 21.7 Å². The Morgan fingerprint density at radius 3 is 2.29 bits per heavy atom. The van der Waals surface area contributed by atoms with Gasteiger partial charge >= 0.3 is 0 Å². The van der Waals surface area contributed by atoms with Crippen LogP contribution in [0.4, 0.5) is 5.13 Å². The zero-order valence-corrected chi connectivity index (χ0v) is 19.4. The Kier molecular flexibility index (Phi) is 6.01. The van der Waals surface area contributed by atoms with E-state index >= 15 is 0 Å². The molecule has 0 radical (unpaired) electrons. The number of hydrogen-bond acceptors (Lipinski definition) is 5. The van der Waals surface area contributed by atoms with E-state index in [-0.39, 0.29) is 18.0 Å². The first-order valence-corrected chi connectivity index (χ1v) is 11.8. The normalized spacial score (nSPS) is 11.0. The van der Waals surface area contributed by atoms with Gasteiger partial charge < -0.3 is 5.32 Å². The third kappa shape index (κ3) is 4.51. The van der Waals surface area contributed by atoms with Gasteiger partial charge in [-0.25, -0.2) is 9.67 Å². The van der Waals surface area contributed by atoms with Crippen LogP contribution in [0.5, 0.6) is 0 Å². The molecule has 0 atom stereocenters. The molecule has 2 aromatic heterocycles. The second kappa shape index (κ2) is 9.41. The van der Waals surface area contributed by atoms with Crippen molar-refractivity contribution in [3.05, 3.63) is 112 Å². The largest absolute Gasteiger partial charge is 0.300 e. The fourth-order valence-electron chi connectivity index (χ4n) is 3.94. The number of benzene rings is 3. The van der Waals surface area contributed by atoms with E-state index in [0.29, 0.717) is 22.6 Å². The first-order chi connectivity index (χ1) is 16.6. The van der Waals surface area contributed by atoms with E-state index in [4.69, 9.17) is 4.98 Å². The summed E-state index contributed by atoms with van der Waals surface area (Å²) in [6.07, 6.45) is 0.655. The molecule has 0 saturated carbocycles.